The molecule has 0 saturated carbocycles. The molecular weight excluding hydrogens is 405 g/mol. The quantitative estimate of drug-likeness (QED) is 0.550. The zero-order valence-corrected chi connectivity index (χ0v) is 15.1. The van der Waals surface area contributed by atoms with Gasteiger partial charge in [-0.3, -0.25) is 9.59 Å². The van der Waals surface area contributed by atoms with Gasteiger partial charge in [0.25, 0.3) is 5.56 Å². The first-order chi connectivity index (χ1) is 11.0. The molecule has 23 heavy (non-hydrogen) atoms. The lowest BCUT2D eigenvalue weighted by Crippen LogP contribution is -2.31. The van der Waals surface area contributed by atoms with Gasteiger partial charge in [0, 0.05) is 9.13 Å². The minimum Gasteiger partial charge on any atom is -0.292 e. The summed E-state index contributed by atoms with van der Waals surface area (Å²) in [6.45, 7) is 3.64. The molecule has 0 aliphatic heterocycles. The maximum Gasteiger partial charge on any atom is 0.285 e. The van der Waals surface area contributed by atoms with Gasteiger partial charge < -0.3 is 0 Å². The fourth-order valence-electron chi connectivity index (χ4n) is 2.40. The van der Waals surface area contributed by atoms with Crippen LogP contribution >= 0.6 is 22.6 Å². The highest BCUT2D eigenvalue weighted by molar-refractivity contribution is 14.1. The van der Waals surface area contributed by atoms with Gasteiger partial charge in [0.05, 0.1) is 5.69 Å². The number of hydrogen-bond donors (Lipinski definition) is 0. The van der Waals surface area contributed by atoms with E-state index in [4.69, 9.17) is 0 Å². The Morgan fingerprint density at radius 1 is 1.26 bits per heavy atom. The van der Waals surface area contributed by atoms with Gasteiger partial charge in [0.2, 0.25) is 0 Å². The van der Waals surface area contributed by atoms with Crippen LogP contribution in [0.5, 0.6) is 0 Å². The number of hydrogen-bond acceptors (Lipinski definition) is 4. The molecule has 0 bridgehead atoms. The average molecular weight is 421 g/mol. The van der Waals surface area contributed by atoms with Crippen molar-refractivity contribution in [3.63, 3.8) is 0 Å². The molecule has 2 rings (SSSR count). The molecule has 1 aromatic carbocycles. The van der Waals surface area contributed by atoms with Crippen molar-refractivity contribution < 1.29 is 4.79 Å². The average Bonchev–Trinajstić information content (AvgIpc) is 2.56. The summed E-state index contributed by atoms with van der Waals surface area (Å²) in [4.78, 5) is 24.7. The van der Waals surface area contributed by atoms with E-state index in [9.17, 15) is 14.9 Å². The third-order valence-corrected chi connectivity index (χ3v) is 4.32. The second kappa shape index (κ2) is 7.51. The SMILES string of the molecule is CCc1nn(CC(=O)c2ccc(I)cc2)c(=O)c(C#N)c1CC. The summed E-state index contributed by atoms with van der Waals surface area (Å²) in [5, 5.41) is 13.6. The first-order valence-corrected chi connectivity index (χ1v) is 8.41. The van der Waals surface area contributed by atoms with Crippen molar-refractivity contribution in [2.75, 3.05) is 0 Å². The maximum atomic E-state index is 12.4. The van der Waals surface area contributed by atoms with Gasteiger partial charge in [-0.05, 0) is 53.1 Å². The number of aryl methyl sites for hydroxylation is 1. The van der Waals surface area contributed by atoms with Crippen LogP contribution in [-0.4, -0.2) is 15.6 Å². The van der Waals surface area contributed by atoms with E-state index >= 15 is 0 Å². The van der Waals surface area contributed by atoms with E-state index in [1.54, 1.807) is 12.1 Å². The predicted molar refractivity (Wildman–Crippen MR) is 95.5 cm³/mol. The van der Waals surface area contributed by atoms with Crippen molar-refractivity contribution in [1.29, 1.82) is 5.26 Å². The van der Waals surface area contributed by atoms with Gasteiger partial charge in [-0.15, -0.1) is 0 Å². The van der Waals surface area contributed by atoms with Crippen LogP contribution in [0.25, 0.3) is 0 Å². The number of aromatic nitrogens is 2. The van der Waals surface area contributed by atoms with E-state index in [1.807, 2.05) is 32.0 Å². The Morgan fingerprint density at radius 3 is 2.43 bits per heavy atom. The lowest BCUT2D eigenvalue weighted by atomic mass is 10.0. The molecule has 0 unspecified atom stereocenters. The van der Waals surface area contributed by atoms with Crippen molar-refractivity contribution in [3.8, 4) is 6.07 Å². The molecule has 1 aromatic heterocycles. The Kier molecular flexibility index (Phi) is 5.66. The van der Waals surface area contributed by atoms with Crippen LogP contribution in [0.15, 0.2) is 29.1 Å². The molecule has 0 radical (unpaired) electrons. The Hall–Kier alpha value is -2.01. The Morgan fingerprint density at radius 2 is 1.91 bits per heavy atom. The largest absolute Gasteiger partial charge is 0.292 e. The Labute approximate surface area is 148 Å². The summed E-state index contributed by atoms with van der Waals surface area (Å²) < 4.78 is 2.14. The summed E-state index contributed by atoms with van der Waals surface area (Å²) in [7, 11) is 0. The highest BCUT2D eigenvalue weighted by Gasteiger charge is 2.17. The summed E-state index contributed by atoms with van der Waals surface area (Å²) in [6.07, 6.45) is 1.18. The first-order valence-electron chi connectivity index (χ1n) is 7.33. The van der Waals surface area contributed by atoms with Crippen LogP contribution < -0.4 is 5.56 Å². The summed E-state index contributed by atoms with van der Waals surface area (Å²) in [6, 6.07) is 9.08. The van der Waals surface area contributed by atoms with Crippen LogP contribution in [0.1, 0.15) is 41.0 Å². The van der Waals surface area contributed by atoms with Crippen LogP contribution in [0.2, 0.25) is 0 Å². The third-order valence-electron chi connectivity index (χ3n) is 3.60. The predicted octanol–water partition coefficient (Wildman–Crippen LogP) is 2.73. The van der Waals surface area contributed by atoms with Crippen LogP contribution in [0, 0.1) is 14.9 Å². The Bertz CT molecular complexity index is 833. The van der Waals surface area contributed by atoms with Crippen molar-refractivity contribution in [2.24, 2.45) is 0 Å². The number of rotatable bonds is 5. The van der Waals surface area contributed by atoms with Crippen LogP contribution in [-0.2, 0) is 19.4 Å². The highest BCUT2D eigenvalue weighted by Crippen LogP contribution is 2.11. The van der Waals surface area contributed by atoms with E-state index in [2.05, 4.69) is 27.7 Å². The molecule has 0 fully saturated rings. The van der Waals surface area contributed by atoms with Crippen molar-refractivity contribution in [2.45, 2.75) is 33.2 Å². The van der Waals surface area contributed by atoms with E-state index in [-0.39, 0.29) is 17.9 Å². The number of halogens is 1. The molecule has 1 heterocycles. The number of carbonyl (C=O) groups is 1. The molecule has 0 saturated heterocycles. The number of Topliss-reactive ketones (excluding diaryl/α,β-unsaturated/α-hetero) is 1. The number of nitriles is 1. The molecule has 0 aliphatic rings. The van der Waals surface area contributed by atoms with Gasteiger partial charge in [0.1, 0.15) is 18.2 Å². The Balaban J connectivity index is 2.44. The summed E-state index contributed by atoms with van der Waals surface area (Å²) >= 11 is 2.16. The molecule has 0 N–H and O–H groups in total. The lowest BCUT2D eigenvalue weighted by molar-refractivity contribution is 0.0965. The monoisotopic (exact) mass is 421 g/mol. The van der Waals surface area contributed by atoms with Gasteiger partial charge in [0.15, 0.2) is 5.78 Å². The molecular formula is C17H16IN3O2. The molecule has 0 amide bonds. The first kappa shape index (κ1) is 17.3. The molecule has 6 heteroatoms. The molecule has 5 nitrogen and oxygen atoms in total. The van der Waals surface area contributed by atoms with Crippen molar-refractivity contribution in [3.05, 3.63) is 60.6 Å². The standard InChI is InChI=1S/C17H16IN3O2/c1-3-13-14(9-19)17(23)21(20-15(13)4-2)10-16(22)11-5-7-12(18)8-6-11/h5-8H,3-4,10H2,1-2H3. The number of ketones is 1. The van der Waals surface area contributed by atoms with Crippen molar-refractivity contribution >= 4 is 28.4 Å². The second-order valence-electron chi connectivity index (χ2n) is 5.01. The van der Waals surface area contributed by atoms with Crippen LogP contribution in [0.3, 0.4) is 0 Å². The smallest absolute Gasteiger partial charge is 0.285 e. The van der Waals surface area contributed by atoms with Crippen molar-refractivity contribution in [1.82, 2.24) is 9.78 Å². The van der Waals surface area contributed by atoms with Crippen LogP contribution in [0.4, 0.5) is 0 Å². The zero-order valence-electron chi connectivity index (χ0n) is 13.0. The number of nitrogens with zero attached hydrogens (tertiary/aromatic N) is 3. The summed E-state index contributed by atoms with van der Waals surface area (Å²) in [5.41, 5.74) is 1.49. The lowest BCUT2D eigenvalue weighted by Gasteiger charge is -2.11. The third kappa shape index (κ3) is 3.67. The number of benzene rings is 1. The molecule has 2 aromatic rings. The molecule has 0 spiro atoms. The van der Waals surface area contributed by atoms with E-state index in [0.29, 0.717) is 29.7 Å². The fraction of sp³-hybridized carbons (Fsp3) is 0.294. The normalized spacial score (nSPS) is 10.3. The van der Waals surface area contributed by atoms with Gasteiger partial charge >= 0.3 is 0 Å². The van der Waals surface area contributed by atoms with Gasteiger partial charge in [-0.2, -0.15) is 10.4 Å². The minimum atomic E-state index is -0.500. The molecule has 0 atom stereocenters. The zero-order chi connectivity index (χ0) is 17.0. The van der Waals surface area contributed by atoms with E-state index in [0.717, 1.165) is 8.25 Å². The second-order valence-corrected chi connectivity index (χ2v) is 6.26. The molecule has 118 valence electrons. The summed E-state index contributed by atoms with van der Waals surface area (Å²) in [5.74, 6) is -0.203. The maximum absolute atomic E-state index is 12.4. The van der Waals surface area contributed by atoms with Gasteiger partial charge in [-0.25, -0.2) is 4.68 Å². The topological polar surface area (TPSA) is 75.8 Å². The molecule has 0 aliphatic carbocycles. The van der Waals surface area contributed by atoms with E-state index < -0.39 is 5.56 Å². The van der Waals surface area contributed by atoms with E-state index in [1.165, 1.54) is 0 Å². The number of carbonyl (C=O) groups excluding carboxylic acids is 1. The highest BCUT2D eigenvalue weighted by atomic mass is 127. The minimum absolute atomic E-state index is 0.0924. The van der Waals surface area contributed by atoms with Gasteiger partial charge in [-0.1, -0.05) is 26.0 Å². The fourth-order valence-corrected chi connectivity index (χ4v) is 2.76.